The summed E-state index contributed by atoms with van der Waals surface area (Å²) in [4.78, 5) is 4.79. The van der Waals surface area contributed by atoms with Gasteiger partial charge >= 0.3 is 0 Å². The number of hydrogen-bond donors (Lipinski definition) is 1. The molecule has 0 unspecified atom stereocenters. The summed E-state index contributed by atoms with van der Waals surface area (Å²) >= 11 is 5.97. The number of fused-ring (bicyclic) bond motifs is 1. The van der Waals surface area contributed by atoms with Crippen LogP contribution in [0.15, 0.2) is 22.7 Å². The van der Waals surface area contributed by atoms with E-state index in [-0.39, 0.29) is 0 Å². The maximum Gasteiger partial charge on any atom is 0.0878 e. The van der Waals surface area contributed by atoms with Gasteiger partial charge in [0, 0.05) is 31.4 Å². The van der Waals surface area contributed by atoms with Gasteiger partial charge in [0.15, 0.2) is 0 Å². The summed E-state index contributed by atoms with van der Waals surface area (Å²) in [6.45, 7) is 7.38. The molecule has 18 heavy (non-hydrogen) atoms. The number of anilines is 1. The van der Waals surface area contributed by atoms with Crippen LogP contribution in [0, 0.1) is 3.57 Å². The first kappa shape index (κ1) is 14.1. The maximum atomic E-state index is 4.79. The van der Waals surface area contributed by atoms with Gasteiger partial charge in [0.25, 0.3) is 0 Å². The molecule has 0 aliphatic rings. The van der Waals surface area contributed by atoms with Gasteiger partial charge in [-0.3, -0.25) is 4.98 Å². The summed E-state index contributed by atoms with van der Waals surface area (Å²) in [5.74, 6) is 0.427. The molecule has 2 aromatic rings. The van der Waals surface area contributed by atoms with Crippen LogP contribution in [-0.4, -0.2) is 11.5 Å². The lowest BCUT2D eigenvalue weighted by Crippen LogP contribution is -2.03. The largest absolute Gasteiger partial charge is 0.385 e. The van der Waals surface area contributed by atoms with Gasteiger partial charge in [0.05, 0.1) is 5.52 Å². The van der Waals surface area contributed by atoms with E-state index in [1.54, 1.807) is 0 Å². The van der Waals surface area contributed by atoms with Gasteiger partial charge in [-0.1, -0.05) is 13.8 Å². The van der Waals surface area contributed by atoms with Crippen LogP contribution in [0.5, 0.6) is 0 Å². The number of hydrogen-bond acceptors (Lipinski definition) is 2. The van der Waals surface area contributed by atoms with Crippen molar-refractivity contribution < 1.29 is 0 Å². The highest BCUT2D eigenvalue weighted by Gasteiger charge is 2.12. The molecule has 0 aliphatic heterocycles. The van der Waals surface area contributed by atoms with E-state index < -0.39 is 0 Å². The van der Waals surface area contributed by atoms with Crippen molar-refractivity contribution in [2.75, 3.05) is 11.9 Å². The summed E-state index contributed by atoms with van der Waals surface area (Å²) in [6, 6.07) is 6.35. The molecule has 0 bridgehead atoms. The summed E-state index contributed by atoms with van der Waals surface area (Å²) in [5.41, 5.74) is 3.35. The molecule has 0 spiro atoms. The first-order valence-corrected chi connectivity index (χ1v) is 7.94. The first-order chi connectivity index (χ1) is 8.54. The molecule has 1 N–H and O–H groups in total. The van der Waals surface area contributed by atoms with Crippen LogP contribution in [-0.2, 0) is 0 Å². The Hall–Kier alpha value is -0.360. The zero-order chi connectivity index (χ0) is 13.3. The van der Waals surface area contributed by atoms with E-state index in [4.69, 9.17) is 4.98 Å². The Labute approximate surface area is 130 Å². The second-order valence-electron chi connectivity index (χ2n) is 4.53. The third-order valence-electron chi connectivity index (χ3n) is 2.84. The van der Waals surface area contributed by atoms with Crippen LogP contribution in [0.2, 0.25) is 0 Å². The first-order valence-electron chi connectivity index (χ1n) is 6.07. The van der Waals surface area contributed by atoms with E-state index in [9.17, 15) is 0 Å². The van der Waals surface area contributed by atoms with E-state index in [1.165, 1.54) is 14.6 Å². The Morgan fingerprint density at radius 2 is 2.11 bits per heavy atom. The minimum atomic E-state index is 0.427. The van der Waals surface area contributed by atoms with Gasteiger partial charge in [-0.15, -0.1) is 0 Å². The number of rotatable bonds is 3. The van der Waals surface area contributed by atoms with Crippen molar-refractivity contribution in [3.8, 4) is 0 Å². The summed E-state index contributed by atoms with van der Waals surface area (Å²) in [7, 11) is 0. The Balaban J connectivity index is 2.80. The van der Waals surface area contributed by atoms with E-state index in [0.29, 0.717) is 5.92 Å². The molecule has 0 aliphatic carbocycles. The zero-order valence-corrected chi connectivity index (χ0v) is 14.5. The number of aromatic nitrogens is 1. The Kier molecular flexibility index (Phi) is 4.48. The second kappa shape index (κ2) is 5.74. The molecule has 1 heterocycles. The topological polar surface area (TPSA) is 24.9 Å². The third kappa shape index (κ3) is 2.64. The molecule has 0 saturated heterocycles. The molecular formula is C14H16BrIN2. The predicted octanol–water partition coefficient (Wildman–Crippen LogP) is 5.16. The van der Waals surface area contributed by atoms with Crippen LogP contribution in [0.1, 0.15) is 32.4 Å². The van der Waals surface area contributed by atoms with Crippen molar-refractivity contribution in [2.24, 2.45) is 0 Å². The molecule has 2 nitrogen and oxygen atoms in total. The lowest BCUT2D eigenvalue weighted by molar-refractivity contribution is 0.830. The Bertz CT molecular complexity index is 582. The number of pyridine rings is 1. The van der Waals surface area contributed by atoms with Gasteiger partial charge in [-0.25, -0.2) is 0 Å². The average molecular weight is 419 g/mol. The quantitative estimate of drug-likeness (QED) is 0.696. The van der Waals surface area contributed by atoms with Crippen LogP contribution < -0.4 is 5.32 Å². The van der Waals surface area contributed by atoms with Crippen molar-refractivity contribution in [1.82, 2.24) is 4.98 Å². The predicted molar refractivity (Wildman–Crippen MR) is 90.4 cm³/mol. The highest BCUT2D eigenvalue weighted by Crippen LogP contribution is 2.34. The average Bonchev–Trinajstić information content (AvgIpc) is 2.33. The molecule has 2 rings (SSSR count). The van der Waals surface area contributed by atoms with Crippen molar-refractivity contribution in [1.29, 1.82) is 0 Å². The smallest absolute Gasteiger partial charge is 0.0878 e. The number of nitrogens with one attached hydrogen (secondary N) is 1. The van der Waals surface area contributed by atoms with Crippen LogP contribution in [0.25, 0.3) is 10.9 Å². The standard InChI is InChI=1S/C14H16BrIN2/c1-4-17-12-7-11(8(2)3)18-14-9(15)5-6-10(16)13(12)14/h5-8H,4H2,1-3H3,(H,17,18). The van der Waals surface area contributed by atoms with Gasteiger partial charge in [0.1, 0.15) is 0 Å². The van der Waals surface area contributed by atoms with E-state index >= 15 is 0 Å². The summed E-state index contributed by atoms with van der Waals surface area (Å²) in [5, 5.41) is 4.65. The maximum absolute atomic E-state index is 4.79. The van der Waals surface area contributed by atoms with Gasteiger partial charge < -0.3 is 5.32 Å². The van der Waals surface area contributed by atoms with Gasteiger partial charge in [-0.05, 0) is 69.6 Å². The minimum absolute atomic E-state index is 0.427. The number of benzene rings is 1. The van der Waals surface area contributed by atoms with E-state index in [2.05, 4.69) is 82.8 Å². The van der Waals surface area contributed by atoms with Gasteiger partial charge in [-0.2, -0.15) is 0 Å². The summed E-state index contributed by atoms with van der Waals surface area (Å²) in [6.07, 6.45) is 0. The zero-order valence-electron chi connectivity index (χ0n) is 10.7. The third-order valence-corrected chi connectivity index (χ3v) is 4.38. The molecule has 0 amide bonds. The van der Waals surface area contributed by atoms with E-state index in [1.807, 2.05) is 0 Å². The minimum Gasteiger partial charge on any atom is -0.385 e. The monoisotopic (exact) mass is 418 g/mol. The molecule has 0 atom stereocenters. The number of nitrogens with zero attached hydrogens (tertiary/aromatic N) is 1. The molecule has 0 radical (unpaired) electrons. The fraction of sp³-hybridized carbons (Fsp3) is 0.357. The van der Waals surface area contributed by atoms with Crippen molar-refractivity contribution in [3.63, 3.8) is 0 Å². The molecule has 96 valence electrons. The van der Waals surface area contributed by atoms with Crippen molar-refractivity contribution >= 4 is 55.1 Å². The molecule has 0 fully saturated rings. The molecule has 1 aromatic heterocycles. The van der Waals surface area contributed by atoms with E-state index in [0.717, 1.165) is 22.2 Å². The molecule has 0 saturated carbocycles. The molecular weight excluding hydrogens is 403 g/mol. The SMILES string of the molecule is CCNc1cc(C(C)C)nc2c(Br)ccc(I)c12. The van der Waals surface area contributed by atoms with Crippen molar-refractivity contribution in [3.05, 3.63) is 31.9 Å². The lowest BCUT2D eigenvalue weighted by atomic mass is 10.1. The number of halogens is 2. The fourth-order valence-electron chi connectivity index (χ4n) is 1.91. The summed E-state index contributed by atoms with van der Waals surface area (Å²) < 4.78 is 2.28. The van der Waals surface area contributed by atoms with Gasteiger partial charge in [0.2, 0.25) is 0 Å². The highest BCUT2D eigenvalue weighted by atomic mass is 127. The van der Waals surface area contributed by atoms with Crippen LogP contribution in [0.4, 0.5) is 5.69 Å². The highest BCUT2D eigenvalue weighted by molar-refractivity contribution is 14.1. The fourth-order valence-corrected chi connectivity index (χ4v) is 3.06. The Morgan fingerprint density at radius 3 is 2.72 bits per heavy atom. The second-order valence-corrected chi connectivity index (χ2v) is 6.55. The van der Waals surface area contributed by atoms with Crippen LogP contribution >= 0.6 is 38.5 Å². The Morgan fingerprint density at radius 1 is 1.39 bits per heavy atom. The van der Waals surface area contributed by atoms with Crippen molar-refractivity contribution in [2.45, 2.75) is 26.7 Å². The lowest BCUT2D eigenvalue weighted by Gasteiger charge is -2.14. The normalized spacial score (nSPS) is 11.2. The van der Waals surface area contributed by atoms with Crippen LogP contribution in [0.3, 0.4) is 0 Å². The molecule has 1 aromatic carbocycles. The molecule has 4 heteroatoms.